The van der Waals surface area contributed by atoms with Gasteiger partial charge in [-0.1, -0.05) is 12.1 Å². The van der Waals surface area contributed by atoms with Gasteiger partial charge >= 0.3 is 0 Å². The molecule has 0 spiro atoms. The number of hydrogen-bond donors (Lipinski definition) is 2. The minimum atomic E-state index is 0.303. The van der Waals surface area contributed by atoms with Gasteiger partial charge in [-0.25, -0.2) is 4.98 Å². The normalized spacial score (nSPS) is 22.2. The zero-order chi connectivity index (χ0) is 14.7. The highest BCUT2D eigenvalue weighted by molar-refractivity contribution is 5.90. The van der Waals surface area contributed by atoms with Crippen molar-refractivity contribution in [3.63, 3.8) is 0 Å². The lowest BCUT2D eigenvalue weighted by molar-refractivity contribution is 0.0232. The van der Waals surface area contributed by atoms with Gasteiger partial charge in [-0.3, -0.25) is 0 Å². The van der Waals surface area contributed by atoms with E-state index in [4.69, 9.17) is 4.74 Å². The van der Waals surface area contributed by atoms with E-state index in [-0.39, 0.29) is 0 Å². The molecule has 1 fully saturated rings. The van der Waals surface area contributed by atoms with E-state index in [1.807, 2.05) is 25.1 Å². The summed E-state index contributed by atoms with van der Waals surface area (Å²) in [6.07, 6.45) is 2.33. The van der Waals surface area contributed by atoms with Gasteiger partial charge < -0.3 is 15.4 Å². The van der Waals surface area contributed by atoms with Gasteiger partial charge in [0.2, 0.25) is 5.95 Å². The summed E-state index contributed by atoms with van der Waals surface area (Å²) in [5.41, 5.74) is 0.964. The number of aromatic nitrogens is 2. The van der Waals surface area contributed by atoms with Gasteiger partial charge in [-0.05, 0) is 38.8 Å². The number of nitrogens with one attached hydrogen (secondary N) is 2. The van der Waals surface area contributed by atoms with Crippen molar-refractivity contribution in [3.05, 3.63) is 24.3 Å². The van der Waals surface area contributed by atoms with Crippen molar-refractivity contribution in [1.29, 1.82) is 0 Å². The number of ether oxygens (including phenoxy) is 1. The van der Waals surface area contributed by atoms with E-state index in [9.17, 15) is 0 Å². The number of fused-ring (bicyclic) bond motifs is 1. The maximum atomic E-state index is 5.61. The molecule has 1 aliphatic heterocycles. The van der Waals surface area contributed by atoms with E-state index < -0.39 is 0 Å². The number of nitrogens with zero attached hydrogens (tertiary/aromatic N) is 2. The lowest BCUT2D eigenvalue weighted by Gasteiger charge is -2.28. The Hall–Kier alpha value is -1.88. The first-order valence-corrected chi connectivity index (χ1v) is 7.65. The summed E-state index contributed by atoms with van der Waals surface area (Å²) in [6, 6.07) is 8.52. The highest BCUT2D eigenvalue weighted by Gasteiger charge is 2.20. The number of rotatable bonds is 4. The van der Waals surface area contributed by atoms with E-state index in [2.05, 4.69) is 33.6 Å². The minimum Gasteiger partial charge on any atom is -0.378 e. The van der Waals surface area contributed by atoms with Crippen LogP contribution in [0.5, 0.6) is 0 Å². The Morgan fingerprint density at radius 1 is 1.29 bits per heavy atom. The van der Waals surface area contributed by atoms with Crippen LogP contribution in [0.25, 0.3) is 10.9 Å². The molecule has 1 aromatic heterocycles. The van der Waals surface area contributed by atoms with Gasteiger partial charge in [-0.15, -0.1) is 0 Å². The summed E-state index contributed by atoms with van der Waals surface area (Å²) < 4.78 is 5.61. The van der Waals surface area contributed by atoms with Gasteiger partial charge in [0.05, 0.1) is 11.6 Å². The van der Waals surface area contributed by atoms with Crippen molar-refractivity contribution in [2.45, 2.75) is 38.8 Å². The van der Waals surface area contributed by atoms with Crippen LogP contribution in [0.15, 0.2) is 24.3 Å². The zero-order valence-corrected chi connectivity index (χ0v) is 12.6. The molecule has 5 nitrogen and oxygen atoms in total. The SMILES string of the molecule is CCNc1nc(NC2CCOC(C)C2)c2ccccc2n1. The smallest absolute Gasteiger partial charge is 0.225 e. The highest BCUT2D eigenvalue weighted by atomic mass is 16.5. The molecule has 21 heavy (non-hydrogen) atoms. The molecule has 2 aromatic rings. The molecular formula is C16H22N4O. The van der Waals surface area contributed by atoms with Crippen molar-refractivity contribution in [2.24, 2.45) is 0 Å². The summed E-state index contributed by atoms with van der Waals surface area (Å²) in [5, 5.41) is 7.85. The molecule has 2 N–H and O–H groups in total. The monoisotopic (exact) mass is 286 g/mol. The molecule has 112 valence electrons. The van der Waals surface area contributed by atoms with Crippen LogP contribution >= 0.6 is 0 Å². The van der Waals surface area contributed by atoms with Crippen LogP contribution in [-0.2, 0) is 4.74 Å². The molecule has 2 heterocycles. The Labute approximate surface area is 125 Å². The van der Waals surface area contributed by atoms with Crippen LogP contribution < -0.4 is 10.6 Å². The van der Waals surface area contributed by atoms with Gasteiger partial charge in [-0.2, -0.15) is 4.98 Å². The fourth-order valence-corrected chi connectivity index (χ4v) is 2.75. The van der Waals surface area contributed by atoms with Crippen LogP contribution in [0.2, 0.25) is 0 Å². The molecule has 5 heteroatoms. The lowest BCUT2D eigenvalue weighted by atomic mass is 10.0. The van der Waals surface area contributed by atoms with Gasteiger partial charge in [0, 0.05) is 24.6 Å². The molecule has 0 bridgehead atoms. The van der Waals surface area contributed by atoms with E-state index in [1.54, 1.807) is 0 Å². The number of para-hydroxylation sites is 1. The van der Waals surface area contributed by atoms with Crippen LogP contribution in [0, 0.1) is 0 Å². The van der Waals surface area contributed by atoms with Crippen molar-refractivity contribution < 1.29 is 4.74 Å². The second-order valence-corrected chi connectivity index (χ2v) is 5.49. The molecule has 0 radical (unpaired) electrons. The number of anilines is 2. The molecule has 0 saturated carbocycles. The van der Waals surface area contributed by atoms with Crippen LogP contribution in [0.1, 0.15) is 26.7 Å². The predicted molar refractivity (Wildman–Crippen MR) is 85.8 cm³/mol. The number of benzene rings is 1. The van der Waals surface area contributed by atoms with Gasteiger partial charge in [0.1, 0.15) is 5.82 Å². The molecular weight excluding hydrogens is 264 g/mol. The first kappa shape index (κ1) is 14.1. The van der Waals surface area contributed by atoms with Crippen LogP contribution in [0.4, 0.5) is 11.8 Å². The van der Waals surface area contributed by atoms with Crippen LogP contribution in [-0.4, -0.2) is 35.3 Å². The van der Waals surface area contributed by atoms with E-state index in [0.717, 1.165) is 42.7 Å². The second-order valence-electron chi connectivity index (χ2n) is 5.49. The zero-order valence-electron chi connectivity index (χ0n) is 12.6. The summed E-state index contributed by atoms with van der Waals surface area (Å²) in [5.74, 6) is 1.59. The second kappa shape index (κ2) is 6.26. The Kier molecular flexibility index (Phi) is 4.20. The van der Waals surface area contributed by atoms with E-state index in [1.165, 1.54) is 0 Å². The Morgan fingerprint density at radius 3 is 2.95 bits per heavy atom. The largest absolute Gasteiger partial charge is 0.378 e. The molecule has 0 amide bonds. The Bertz CT molecular complexity index is 616. The Morgan fingerprint density at radius 2 is 2.14 bits per heavy atom. The summed E-state index contributed by atoms with van der Waals surface area (Å²) >= 11 is 0. The summed E-state index contributed by atoms with van der Waals surface area (Å²) in [7, 11) is 0. The van der Waals surface area contributed by atoms with Gasteiger partial charge in [0.15, 0.2) is 0 Å². The van der Waals surface area contributed by atoms with Gasteiger partial charge in [0.25, 0.3) is 0 Å². The summed E-state index contributed by atoms with van der Waals surface area (Å²) in [4.78, 5) is 9.18. The maximum Gasteiger partial charge on any atom is 0.225 e. The summed E-state index contributed by atoms with van der Waals surface area (Å²) in [6.45, 7) is 5.79. The third-order valence-corrected chi connectivity index (χ3v) is 3.76. The first-order valence-electron chi connectivity index (χ1n) is 7.65. The molecule has 0 aliphatic carbocycles. The minimum absolute atomic E-state index is 0.303. The Balaban J connectivity index is 1.91. The third-order valence-electron chi connectivity index (χ3n) is 3.76. The molecule has 2 atom stereocenters. The number of hydrogen-bond acceptors (Lipinski definition) is 5. The maximum absolute atomic E-state index is 5.61. The topological polar surface area (TPSA) is 59.1 Å². The molecule has 1 saturated heterocycles. The molecule has 1 aliphatic rings. The van der Waals surface area contributed by atoms with Crippen molar-refractivity contribution in [1.82, 2.24) is 9.97 Å². The average Bonchev–Trinajstić information content (AvgIpc) is 2.48. The quantitative estimate of drug-likeness (QED) is 0.904. The molecule has 3 rings (SSSR count). The average molecular weight is 286 g/mol. The standard InChI is InChI=1S/C16H22N4O/c1-3-17-16-19-14-7-5-4-6-13(14)15(20-16)18-12-8-9-21-11(2)10-12/h4-7,11-12H,3,8-10H2,1-2H3,(H2,17,18,19,20). The fraction of sp³-hybridized carbons (Fsp3) is 0.500. The molecule has 1 aromatic carbocycles. The lowest BCUT2D eigenvalue weighted by Crippen LogP contribution is -2.32. The fourth-order valence-electron chi connectivity index (χ4n) is 2.75. The molecule has 2 unspecified atom stereocenters. The highest BCUT2D eigenvalue weighted by Crippen LogP contribution is 2.25. The van der Waals surface area contributed by atoms with E-state index in [0.29, 0.717) is 18.1 Å². The van der Waals surface area contributed by atoms with E-state index >= 15 is 0 Å². The predicted octanol–water partition coefficient (Wildman–Crippen LogP) is 3.04. The first-order chi connectivity index (χ1) is 10.3. The van der Waals surface area contributed by atoms with Crippen LogP contribution in [0.3, 0.4) is 0 Å². The van der Waals surface area contributed by atoms with Crippen molar-refractivity contribution >= 4 is 22.7 Å². The van der Waals surface area contributed by atoms with Crippen molar-refractivity contribution in [3.8, 4) is 0 Å². The third kappa shape index (κ3) is 3.24. The van der Waals surface area contributed by atoms with Crippen molar-refractivity contribution in [2.75, 3.05) is 23.8 Å².